The molecule has 4 aliphatic carbocycles. The molecule has 6 aromatic rings. The van der Waals surface area contributed by atoms with Crippen LogP contribution < -0.4 is 0 Å². The van der Waals surface area contributed by atoms with E-state index < -0.39 is 17.4 Å². The predicted octanol–water partition coefficient (Wildman–Crippen LogP) is 16.6. The summed E-state index contributed by atoms with van der Waals surface area (Å²) in [5.41, 5.74) is 18.7. The molecule has 0 aromatic heterocycles. The van der Waals surface area contributed by atoms with Crippen molar-refractivity contribution in [2.24, 2.45) is 11.8 Å². The maximum absolute atomic E-state index is 3.97. The third-order valence-corrected chi connectivity index (χ3v) is 32.9. The van der Waals surface area contributed by atoms with Crippen LogP contribution in [0.2, 0.25) is 9.26 Å². The van der Waals surface area contributed by atoms with Crippen LogP contribution in [-0.4, -0.2) is 6.88 Å². The third kappa shape index (κ3) is 7.84. The molecule has 60 heavy (non-hydrogen) atoms. The van der Waals surface area contributed by atoms with Gasteiger partial charge in [0, 0.05) is 0 Å². The minimum absolute atomic E-state index is 0. The summed E-state index contributed by atoms with van der Waals surface area (Å²) < 4.78 is 6.91. The van der Waals surface area contributed by atoms with E-state index in [1.54, 1.807) is 33.4 Å². The zero-order valence-electron chi connectivity index (χ0n) is 36.4. The molecule has 0 amide bonds. The Balaban J connectivity index is 0.00000249. The van der Waals surface area contributed by atoms with E-state index in [2.05, 4.69) is 151 Å². The first kappa shape index (κ1) is 43.6. The van der Waals surface area contributed by atoms with Gasteiger partial charge < -0.3 is 0 Å². The summed E-state index contributed by atoms with van der Waals surface area (Å²) in [6, 6.07) is 42.1. The van der Waals surface area contributed by atoms with Crippen LogP contribution in [-0.2, 0) is 17.4 Å². The minimum Gasteiger partial charge on any atom is -0.147 e. The zero-order valence-corrected chi connectivity index (χ0v) is 41.9. The van der Waals surface area contributed by atoms with Crippen LogP contribution >= 0.6 is 24.8 Å². The Labute approximate surface area is 375 Å². The molecule has 0 radical (unpaired) electrons. The van der Waals surface area contributed by atoms with Crippen LogP contribution in [0.5, 0.6) is 0 Å². The Morgan fingerprint density at radius 2 is 0.867 bits per heavy atom. The molecule has 4 heteroatoms. The largest absolute Gasteiger partial charge is 0.147 e. The maximum Gasteiger partial charge on any atom is -0.147 e. The fourth-order valence-corrected chi connectivity index (χ4v) is 32.7. The number of benzene rings is 6. The molecule has 0 aliphatic heterocycles. The first-order valence-electron chi connectivity index (χ1n) is 22.8. The van der Waals surface area contributed by atoms with Crippen molar-refractivity contribution >= 4 is 65.4 Å². The molecule has 6 aromatic carbocycles. The Morgan fingerprint density at radius 3 is 1.27 bits per heavy atom. The van der Waals surface area contributed by atoms with Gasteiger partial charge >= 0.3 is 353 Å². The Hall–Kier alpha value is -3.00. The third-order valence-electron chi connectivity index (χ3n) is 15.5. The molecule has 310 valence electrons. The van der Waals surface area contributed by atoms with E-state index in [1.807, 2.05) is 0 Å². The van der Waals surface area contributed by atoms with Crippen molar-refractivity contribution in [1.29, 1.82) is 0 Å². The molecule has 0 spiro atoms. The van der Waals surface area contributed by atoms with Crippen molar-refractivity contribution in [3.63, 3.8) is 0 Å². The molecule has 4 aliphatic rings. The summed E-state index contributed by atoms with van der Waals surface area (Å²) in [5.74, 6) is 1.62. The van der Waals surface area contributed by atoms with E-state index in [0.29, 0.717) is 7.25 Å². The van der Waals surface area contributed by atoms with Crippen molar-refractivity contribution in [3.8, 4) is 22.3 Å². The predicted molar refractivity (Wildman–Crippen MR) is 267 cm³/mol. The summed E-state index contributed by atoms with van der Waals surface area (Å²) >= 11 is -3.97. The number of fused-ring (bicyclic) bond motifs is 4. The summed E-state index contributed by atoms with van der Waals surface area (Å²) in [4.78, 5) is 0. The molecule has 2 unspecified atom stereocenters. The second-order valence-electron chi connectivity index (χ2n) is 20.3. The van der Waals surface area contributed by atoms with Crippen LogP contribution in [0, 0.1) is 25.7 Å². The maximum atomic E-state index is 2.92. The van der Waals surface area contributed by atoms with Crippen molar-refractivity contribution in [3.05, 3.63) is 154 Å². The van der Waals surface area contributed by atoms with Crippen molar-refractivity contribution in [1.82, 2.24) is 0 Å². The Kier molecular flexibility index (Phi) is 12.6. The van der Waals surface area contributed by atoms with Crippen LogP contribution in [0.1, 0.15) is 118 Å². The molecular formula is C56H64Cl2SiZr. The molecule has 0 bridgehead atoms. The van der Waals surface area contributed by atoms with Gasteiger partial charge in [0.05, 0.1) is 0 Å². The molecule has 2 atom stereocenters. The first-order chi connectivity index (χ1) is 28.1. The quantitative estimate of drug-likeness (QED) is 0.133. The van der Waals surface area contributed by atoms with Gasteiger partial charge in [-0.3, -0.25) is 0 Å². The minimum atomic E-state index is -3.97. The van der Waals surface area contributed by atoms with Gasteiger partial charge in [0.25, 0.3) is 0 Å². The first-order valence-corrected chi connectivity index (χ1v) is 36.5. The molecule has 0 saturated heterocycles. The van der Waals surface area contributed by atoms with E-state index >= 15 is 0 Å². The van der Waals surface area contributed by atoms with E-state index in [0.717, 1.165) is 11.8 Å². The standard InChI is InChI=1S/2C27H27.2CH3.2ClH.H2Si.Zr/c2*1-19-11-14-25(24-13-12-22-9-5-6-10-23(22)18-24)27-17-21(16-26(19)27)15-20-7-3-2-4-8-20;;;;;;/h2*5-6,9-14,16-18,20H,2-4,7-8,15H2,1H3;2*1H3;2*1H;1H2;. The summed E-state index contributed by atoms with van der Waals surface area (Å²) in [6.45, 7) is 7.49. The second kappa shape index (κ2) is 17.3. The fraction of sp³-hybridized carbons (Fsp3) is 0.357. The van der Waals surface area contributed by atoms with Crippen LogP contribution in [0.4, 0.5) is 0 Å². The molecule has 0 nitrogen and oxygen atoms in total. The van der Waals surface area contributed by atoms with Crippen molar-refractivity contribution in [2.75, 3.05) is 0 Å². The van der Waals surface area contributed by atoms with Gasteiger partial charge in [-0.2, -0.15) is 0 Å². The van der Waals surface area contributed by atoms with Crippen LogP contribution in [0.3, 0.4) is 0 Å². The summed E-state index contributed by atoms with van der Waals surface area (Å²) in [6.07, 6.45) is 22.1. The normalized spacial score (nSPS) is 19.6. The summed E-state index contributed by atoms with van der Waals surface area (Å²) in [5, 5.41) is 5.31. The van der Waals surface area contributed by atoms with Gasteiger partial charge in [0.1, 0.15) is 0 Å². The Morgan fingerprint density at radius 1 is 0.483 bits per heavy atom. The van der Waals surface area contributed by atoms with E-state index in [-0.39, 0.29) is 24.8 Å². The number of rotatable bonds is 8. The average Bonchev–Trinajstić information content (AvgIpc) is 3.83. The van der Waals surface area contributed by atoms with E-state index in [4.69, 9.17) is 0 Å². The second-order valence-corrected chi connectivity index (χ2v) is 50.8. The van der Waals surface area contributed by atoms with Gasteiger partial charge in [-0.25, -0.2) is 0 Å². The van der Waals surface area contributed by atoms with Crippen molar-refractivity contribution < 1.29 is 17.4 Å². The summed E-state index contributed by atoms with van der Waals surface area (Å²) in [7, 11) is 0. The zero-order chi connectivity index (χ0) is 39.6. The van der Waals surface area contributed by atoms with Gasteiger partial charge in [0.15, 0.2) is 0 Å². The van der Waals surface area contributed by atoms with Gasteiger partial charge in [-0.15, -0.1) is 24.8 Å². The van der Waals surface area contributed by atoms with Gasteiger partial charge in [0.2, 0.25) is 0 Å². The van der Waals surface area contributed by atoms with E-state index in [1.165, 1.54) is 132 Å². The number of allylic oxidation sites excluding steroid dienone is 2. The van der Waals surface area contributed by atoms with Crippen molar-refractivity contribution in [2.45, 2.75) is 107 Å². The molecule has 0 N–H and O–H groups in total. The Bertz CT molecular complexity index is 2540. The fourth-order valence-electron chi connectivity index (χ4n) is 12.8. The number of hydrogen-bond acceptors (Lipinski definition) is 0. The molecule has 2 fully saturated rings. The smallest absolute Gasteiger partial charge is 0.147 e. The van der Waals surface area contributed by atoms with Crippen LogP contribution in [0.15, 0.2) is 120 Å². The molecule has 0 heterocycles. The number of halogens is 2. The van der Waals surface area contributed by atoms with E-state index in [9.17, 15) is 0 Å². The topological polar surface area (TPSA) is 0 Å². The molecule has 2 saturated carbocycles. The molecular weight excluding hydrogens is 863 g/mol. The number of aryl methyl sites for hydroxylation is 2. The monoisotopic (exact) mass is 924 g/mol. The van der Waals surface area contributed by atoms with Crippen LogP contribution in [0.25, 0.3) is 56.0 Å². The van der Waals surface area contributed by atoms with Gasteiger partial charge in [-0.1, -0.05) is 0 Å². The van der Waals surface area contributed by atoms with Gasteiger partial charge in [-0.05, 0) is 0 Å². The molecule has 10 rings (SSSR count). The SMILES string of the molecule is Cc1ccc(-c2ccc3ccccc3c2)c2c1[CH]([Zr]([CH3])([CH3])(=[SiH2])[CH]1C(CC3CCCCC3)=Cc3c(-c4ccc5ccccc5c4)ccc(C)c31)C(CC1CCCCC1)=C2.Cl.Cl. The number of hydrogen-bond donors (Lipinski definition) is 0. The average molecular weight is 927 g/mol.